The van der Waals surface area contributed by atoms with Crippen molar-refractivity contribution in [1.29, 1.82) is 0 Å². The van der Waals surface area contributed by atoms with Crippen LogP contribution in [0.1, 0.15) is 11.1 Å². The molecule has 1 saturated heterocycles. The maximum atomic E-state index is 13.4. The lowest BCUT2D eigenvalue weighted by Crippen LogP contribution is -2.43. The Hall–Kier alpha value is -2.87. The Bertz CT molecular complexity index is 1050. The van der Waals surface area contributed by atoms with Crippen molar-refractivity contribution in [1.82, 2.24) is 9.80 Å². The zero-order valence-electron chi connectivity index (χ0n) is 18.2. The van der Waals surface area contributed by atoms with Gasteiger partial charge in [0.1, 0.15) is 11.4 Å². The van der Waals surface area contributed by atoms with Crippen LogP contribution in [0.4, 0.5) is 5.69 Å². The summed E-state index contributed by atoms with van der Waals surface area (Å²) in [6.45, 7) is 5.80. The van der Waals surface area contributed by atoms with E-state index in [9.17, 15) is 9.59 Å². The summed E-state index contributed by atoms with van der Waals surface area (Å²) in [7, 11) is 1.54. The van der Waals surface area contributed by atoms with Gasteiger partial charge in [-0.05, 0) is 30.7 Å². The van der Waals surface area contributed by atoms with Crippen LogP contribution in [0.2, 0.25) is 5.02 Å². The van der Waals surface area contributed by atoms with Crippen molar-refractivity contribution in [3.05, 3.63) is 64.3 Å². The van der Waals surface area contributed by atoms with Crippen molar-refractivity contribution < 1.29 is 19.1 Å². The highest BCUT2D eigenvalue weighted by Crippen LogP contribution is 2.34. The summed E-state index contributed by atoms with van der Waals surface area (Å²) in [6.07, 6.45) is 0. The first kappa shape index (κ1) is 22.3. The topological polar surface area (TPSA) is 71.1 Å². The highest BCUT2D eigenvalue weighted by molar-refractivity contribution is 6.36. The summed E-state index contributed by atoms with van der Waals surface area (Å²) in [5.74, 6) is -0.145. The fourth-order valence-electron chi connectivity index (χ4n) is 3.86. The highest BCUT2D eigenvalue weighted by atomic mass is 35.5. The Morgan fingerprint density at radius 1 is 1.03 bits per heavy atom. The zero-order chi connectivity index (χ0) is 22.7. The lowest BCUT2D eigenvalue weighted by Gasteiger charge is -2.28. The smallest absolute Gasteiger partial charge is 0.278 e. The number of ether oxygens (including phenoxy) is 2. The SMILES string of the molecule is COc1ccc(Cl)cc1NC1=C(c2ccc(C)cc2)C(=O)N(CCN2CCOCC2)C1=O. The first-order valence-electron chi connectivity index (χ1n) is 10.6. The monoisotopic (exact) mass is 455 g/mol. The number of rotatable bonds is 7. The summed E-state index contributed by atoms with van der Waals surface area (Å²) < 4.78 is 10.8. The molecule has 0 unspecified atom stereocenters. The first-order valence-corrected chi connectivity index (χ1v) is 10.9. The van der Waals surface area contributed by atoms with Gasteiger partial charge in [-0.25, -0.2) is 0 Å². The molecule has 1 N–H and O–H groups in total. The second-order valence-electron chi connectivity index (χ2n) is 7.80. The minimum absolute atomic E-state index is 0.224. The number of nitrogens with one attached hydrogen (secondary N) is 1. The molecule has 2 aromatic rings. The van der Waals surface area contributed by atoms with E-state index in [1.807, 2.05) is 31.2 Å². The highest BCUT2D eigenvalue weighted by Gasteiger charge is 2.39. The molecule has 0 radical (unpaired) electrons. The van der Waals surface area contributed by atoms with Crippen LogP contribution in [0.3, 0.4) is 0 Å². The van der Waals surface area contributed by atoms with E-state index < -0.39 is 0 Å². The number of imide groups is 1. The van der Waals surface area contributed by atoms with Crippen molar-refractivity contribution in [2.24, 2.45) is 0 Å². The maximum absolute atomic E-state index is 13.4. The molecule has 1 fully saturated rings. The molecule has 2 aliphatic rings. The van der Waals surface area contributed by atoms with Crippen molar-refractivity contribution in [2.75, 3.05) is 51.8 Å². The number of aryl methyl sites for hydroxylation is 1. The zero-order valence-corrected chi connectivity index (χ0v) is 18.9. The lowest BCUT2D eigenvalue weighted by molar-refractivity contribution is -0.137. The molecule has 7 nitrogen and oxygen atoms in total. The van der Waals surface area contributed by atoms with Gasteiger partial charge in [0.05, 0.1) is 31.6 Å². The number of anilines is 1. The molecule has 0 bridgehead atoms. The van der Waals surface area contributed by atoms with Crippen molar-refractivity contribution in [3.8, 4) is 5.75 Å². The molecule has 32 heavy (non-hydrogen) atoms. The van der Waals surface area contributed by atoms with E-state index in [1.165, 1.54) is 4.90 Å². The van der Waals surface area contributed by atoms with Gasteiger partial charge < -0.3 is 14.8 Å². The molecule has 2 aromatic carbocycles. The molecule has 4 rings (SSSR count). The van der Waals surface area contributed by atoms with Gasteiger partial charge in [-0.2, -0.15) is 0 Å². The van der Waals surface area contributed by atoms with Crippen LogP contribution in [-0.2, 0) is 14.3 Å². The van der Waals surface area contributed by atoms with E-state index >= 15 is 0 Å². The van der Waals surface area contributed by atoms with Gasteiger partial charge in [0, 0.05) is 31.2 Å². The van der Waals surface area contributed by atoms with E-state index in [-0.39, 0.29) is 17.5 Å². The third-order valence-electron chi connectivity index (χ3n) is 5.67. The average Bonchev–Trinajstić information content (AvgIpc) is 3.03. The van der Waals surface area contributed by atoms with E-state index in [0.29, 0.717) is 53.9 Å². The number of nitrogens with zero attached hydrogens (tertiary/aromatic N) is 2. The van der Waals surface area contributed by atoms with Crippen molar-refractivity contribution >= 4 is 34.7 Å². The third-order valence-corrected chi connectivity index (χ3v) is 5.91. The van der Waals surface area contributed by atoms with Crippen molar-refractivity contribution in [2.45, 2.75) is 6.92 Å². The van der Waals surface area contributed by atoms with E-state index in [1.54, 1.807) is 25.3 Å². The van der Waals surface area contributed by atoms with Crippen LogP contribution in [-0.4, -0.2) is 68.1 Å². The van der Waals surface area contributed by atoms with Crippen LogP contribution < -0.4 is 10.1 Å². The summed E-state index contributed by atoms with van der Waals surface area (Å²) in [4.78, 5) is 30.3. The Labute approximate surface area is 192 Å². The number of amides is 2. The molecule has 2 heterocycles. The lowest BCUT2D eigenvalue weighted by atomic mass is 10.0. The Balaban J connectivity index is 1.66. The molecule has 0 saturated carbocycles. The van der Waals surface area contributed by atoms with Crippen LogP contribution in [0, 0.1) is 6.92 Å². The molecule has 168 valence electrons. The number of hydrogen-bond acceptors (Lipinski definition) is 6. The standard InChI is InChI=1S/C24H26ClN3O4/c1-16-3-5-17(6-4-16)21-22(26-19-15-18(25)7-8-20(19)31-2)24(30)28(23(21)29)10-9-27-11-13-32-14-12-27/h3-8,15,26H,9-14H2,1-2H3. The summed E-state index contributed by atoms with van der Waals surface area (Å²) in [5, 5.41) is 3.63. The Morgan fingerprint density at radius 3 is 2.44 bits per heavy atom. The Morgan fingerprint density at radius 2 is 1.75 bits per heavy atom. The van der Waals surface area contributed by atoms with Gasteiger partial charge in [-0.1, -0.05) is 41.4 Å². The minimum Gasteiger partial charge on any atom is -0.495 e. The molecular weight excluding hydrogens is 430 g/mol. The van der Waals surface area contributed by atoms with E-state index in [2.05, 4.69) is 10.2 Å². The second-order valence-corrected chi connectivity index (χ2v) is 8.24. The number of hydrogen-bond donors (Lipinski definition) is 1. The predicted octanol–water partition coefficient (Wildman–Crippen LogP) is 3.18. The fraction of sp³-hybridized carbons (Fsp3) is 0.333. The second kappa shape index (κ2) is 9.73. The van der Waals surface area contributed by atoms with Gasteiger partial charge in [-0.15, -0.1) is 0 Å². The van der Waals surface area contributed by atoms with Crippen LogP contribution in [0.5, 0.6) is 5.75 Å². The Kier molecular flexibility index (Phi) is 6.79. The predicted molar refractivity (Wildman–Crippen MR) is 124 cm³/mol. The number of methoxy groups -OCH3 is 1. The quantitative estimate of drug-likeness (QED) is 0.646. The number of benzene rings is 2. The minimum atomic E-state index is -0.360. The van der Waals surface area contributed by atoms with Crippen LogP contribution in [0.25, 0.3) is 5.57 Å². The molecule has 2 aliphatic heterocycles. The van der Waals surface area contributed by atoms with Crippen LogP contribution in [0.15, 0.2) is 48.2 Å². The fourth-order valence-corrected chi connectivity index (χ4v) is 4.03. The molecule has 0 aliphatic carbocycles. The summed E-state index contributed by atoms with van der Waals surface area (Å²) in [5.41, 5.74) is 2.85. The average molecular weight is 456 g/mol. The maximum Gasteiger partial charge on any atom is 0.278 e. The van der Waals surface area contributed by atoms with Gasteiger partial charge in [-0.3, -0.25) is 19.4 Å². The normalized spacial score (nSPS) is 17.3. The van der Waals surface area contributed by atoms with Gasteiger partial charge in [0.2, 0.25) is 0 Å². The molecular formula is C24H26ClN3O4. The van der Waals surface area contributed by atoms with Gasteiger partial charge in [0.25, 0.3) is 11.8 Å². The van der Waals surface area contributed by atoms with Gasteiger partial charge >= 0.3 is 0 Å². The molecule has 0 aromatic heterocycles. The summed E-state index contributed by atoms with van der Waals surface area (Å²) in [6, 6.07) is 12.7. The number of halogens is 1. The molecule has 0 spiro atoms. The largest absolute Gasteiger partial charge is 0.495 e. The van der Waals surface area contributed by atoms with Gasteiger partial charge in [0.15, 0.2) is 0 Å². The molecule has 8 heteroatoms. The number of morpholine rings is 1. The van der Waals surface area contributed by atoms with E-state index in [4.69, 9.17) is 21.1 Å². The molecule has 2 amide bonds. The summed E-state index contributed by atoms with van der Waals surface area (Å²) >= 11 is 6.17. The number of carbonyl (C=O) groups is 2. The number of carbonyl (C=O) groups excluding carboxylic acids is 2. The van der Waals surface area contributed by atoms with Crippen molar-refractivity contribution in [3.63, 3.8) is 0 Å². The van der Waals surface area contributed by atoms with E-state index in [0.717, 1.165) is 18.7 Å². The first-order chi connectivity index (χ1) is 15.5. The molecule has 0 atom stereocenters. The van der Waals surface area contributed by atoms with Crippen LogP contribution >= 0.6 is 11.6 Å². The third kappa shape index (κ3) is 4.65.